The number of urea groups is 1. The lowest BCUT2D eigenvalue weighted by Crippen LogP contribution is -2.45. The maximum absolute atomic E-state index is 12.2. The van der Waals surface area contributed by atoms with Gasteiger partial charge in [-0.05, 0) is 64.1 Å². The highest BCUT2D eigenvalue weighted by Crippen LogP contribution is 2.18. The number of benzene rings is 1. The first-order valence-electron chi connectivity index (χ1n) is 8.81. The zero-order chi connectivity index (χ0) is 16.8. The SMILES string of the molecule is Cc1ccccc1C(C)NC(=O)NCC1CCCN(C(C)C)C1. The molecule has 2 amide bonds. The molecule has 2 unspecified atom stereocenters. The Labute approximate surface area is 140 Å². The number of likely N-dealkylation sites (tertiary alicyclic amines) is 1. The molecule has 1 heterocycles. The number of rotatable bonds is 5. The third-order valence-corrected chi connectivity index (χ3v) is 4.83. The number of aryl methyl sites for hydroxylation is 1. The number of carbonyl (C=O) groups is 1. The van der Waals surface area contributed by atoms with Crippen LogP contribution in [-0.2, 0) is 0 Å². The molecule has 0 radical (unpaired) electrons. The molecule has 2 rings (SSSR count). The topological polar surface area (TPSA) is 44.4 Å². The molecule has 0 bridgehead atoms. The summed E-state index contributed by atoms with van der Waals surface area (Å²) in [5, 5.41) is 6.10. The molecule has 2 N–H and O–H groups in total. The zero-order valence-corrected chi connectivity index (χ0v) is 14.9. The van der Waals surface area contributed by atoms with Crippen molar-refractivity contribution < 1.29 is 4.79 Å². The Morgan fingerprint density at radius 2 is 2.04 bits per heavy atom. The van der Waals surface area contributed by atoms with Gasteiger partial charge in [-0.15, -0.1) is 0 Å². The normalized spacial score (nSPS) is 20.3. The molecule has 1 aromatic carbocycles. The first kappa shape index (κ1) is 17.8. The molecule has 4 nitrogen and oxygen atoms in total. The molecule has 0 aromatic heterocycles. The highest BCUT2D eigenvalue weighted by atomic mass is 16.2. The summed E-state index contributed by atoms with van der Waals surface area (Å²) >= 11 is 0. The number of hydrogen-bond acceptors (Lipinski definition) is 2. The van der Waals surface area contributed by atoms with E-state index in [0.717, 1.165) is 13.1 Å². The van der Waals surface area contributed by atoms with Gasteiger partial charge in [0.1, 0.15) is 0 Å². The maximum atomic E-state index is 12.2. The van der Waals surface area contributed by atoms with Gasteiger partial charge < -0.3 is 15.5 Å². The van der Waals surface area contributed by atoms with Gasteiger partial charge in [-0.2, -0.15) is 0 Å². The van der Waals surface area contributed by atoms with Gasteiger partial charge in [0.15, 0.2) is 0 Å². The molecule has 4 heteroatoms. The first-order chi connectivity index (χ1) is 11.0. The summed E-state index contributed by atoms with van der Waals surface area (Å²) in [5.74, 6) is 0.561. The average molecular weight is 317 g/mol. The average Bonchev–Trinajstić information content (AvgIpc) is 2.53. The number of amides is 2. The second-order valence-electron chi connectivity index (χ2n) is 7.03. The van der Waals surface area contributed by atoms with E-state index in [4.69, 9.17) is 0 Å². The summed E-state index contributed by atoms with van der Waals surface area (Å²) in [7, 11) is 0. The molecule has 1 aliphatic heterocycles. The number of nitrogens with one attached hydrogen (secondary N) is 2. The van der Waals surface area contributed by atoms with E-state index in [1.807, 2.05) is 19.1 Å². The first-order valence-corrected chi connectivity index (χ1v) is 8.81. The summed E-state index contributed by atoms with van der Waals surface area (Å²) in [5.41, 5.74) is 2.38. The summed E-state index contributed by atoms with van der Waals surface area (Å²) < 4.78 is 0. The minimum Gasteiger partial charge on any atom is -0.338 e. The molecule has 1 aliphatic rings. The third kappa shape index (κ3) is 5.24. The molecule has 1 saturated heterocycles. The van der Waals surface area contributed by atoms with Crippen molar-refractivity contribution in [2.45, 2.75) is 52.6 Å². The monoisotopic (exact) mass is 317 g/mol. The van der Waals surface area contributed by atoms with Crippen LogP contribution < -0.4 is 10.6 Å². The largest absolute Gasteiger partial charge is 0.338 e. The fourth-order valence-electron chi connectivity index (χ4n) is 3.37. The lowest BCUT2D eigenvalue weighted by molar-refractivity contribution is 0.139. The Morgan fingerprint density at radius 1 is 1.30 bits per heavy atom. The van der Waals surface area contributed by atoms with E-state index in [-0.39, 0.29) is 12.1 Å². The summed E-state index contributed by atoms with van der Waals surface area (Å²) in [4.78, 5) is 14.7. The van der Waals surface area contributed by atoms with E-state index < -0.39 is 0 Å². The van der Waals surface area contributed by atoms with Crippen LogP contribution in [0.4, 0.5) is 4.79 Å². The Kier molecular flexibility index (Phi) is 6.46. The van der Waals surface area contributed by atoms with Crippen molar-refractivity contribution in [1.29, 1.82) is 0 Å². The van der Waals surface area contributed by atoms with Crippen LogP contribution in [0.1, 0.15) is 50.8 Å². The van der Waals surface area contributed by atoms with Gasteiger partial charge in [-0.3, -0.25) is 0 Å². The van der Waals surface area contributed by atoms with E-state index in [9.17, 15) is 4.79 Å². The van der Waals surface area contributed by atoms with Gasteiger partial charge in [0.25, 0.3) is 0 Å². The van der Waals surface area contributed by atoms with Crippen LogP contribution in [0.5, 0.6) is 0 Å². The molecule has 0 spiro atoms. The molecule has 128 valence electrons. The Morgan fingerprint density at radius 3 is 2.74 bits per heavy atom. The minimum atomic E-state index is -0.0672. The second-order valence-corrected chi connectivity index (χ2v) is 7.03. The highest BCUT2D eigenvalue weighted by molar-refractivity contribution is 5.74. The van der Waals surface area contributed by atoms with E-state index >= 15 is 0 Å². The molecule has 1 aromatic rings. The van der Waals surface area contributed by atoms with Gasteiger partial charge in [-0.1, -0.05) is 24.3 Å². The molecular formula is C19H31N3O. The molecule has 0 saturated carbocycles. The van der Waals surface area contributed by atoms with Crippen molar-refractivity contribution >= 4 is 6.03 Å². The third-order valence-electron chi connectivity index (χ3n) is 4.83. The van der Waals surface area contributed by atoms with Crippen LogP contribution >= 0.6 is 0 Å². The molecular weight excluding hydrogens is 286 g/mol. The maximum Gasteiger partial charge on any atom is 0.315 e. The molecule has 23 heavy (non-hydrogen) atoms. The summed E-state index contributed by atoms with van der Waals surface area (Å²) in [6.07, 6.45) is 2.43. The fraction of sp³-hybridized carbons (Fsp3) is 0.632. The lowest BCUT2D eigenvalue weighted by Gasteiger charge is -2.35. The Hall–Kier alpha value is -1.55. The number of nitrogens with zero attached hydrogens (tertiary/aromatic N) is 1. The number of carbonyl (C=O) groups excluding carboxylic acids is 1. The Balaban J connectivity index is 1.78. The zero-order valence-electron chi connectivity index (χ0n) is 14.9. The lowest BCUT2D eigenvalue weighted by atomic mass is 9.97. The minimum absolute atomic E-state index is 0.0229. The van der Waals surface area contributed by atoms with E-state index in [1.165, 1.54) is 30.5 Å². The second kappa shape index (κ2) is 8.34. The van der Waals surface area contributed by atoms with Crippen LogP contribution in [0.2, 0.25) is 0 Å². The summed E-state index contributed by atoms with van der Waals surface area (Å²) in [6.45, 7) is 11.6. The van der Waals surface area contributed by atoms with Gasteiger partial charge in [-0.25, -0.2) is 4.79 Å². The smallest absolute Gasteiger partial charge is 0.315 e. The van der Waals surface area contributed by atoms with E-state index in [1.54, 1.807) is 0 Å². The number of hydrogen-bond donors (Lipinski definition) is 2. The van der Waals surface area contributed by atoms with Gasteiger partial charge >= 0.3 is 6.03 Å². The van der Waals surface area contributed by atoms with E-state index in [0.29, 0.717) is 12.0 Å². The van der Waals surface area contributed by atoms with Crippen LogP contribution in [0.15, 0.2) is 24.3 Å². The molecule has 2 atom stereocenters. The number of piperidine rings is 1. The van der Waals surface area contributed by atoms with Crippen molar-refractivity contribution in [3.05, 3.63) is 35.4 Å². The molecule has 0 aliphatic carbocycles. The van der Waals surface area contributed by atoms with Crippen molar-refractivity contribution in [2.75, 3.05) is 19.6 Å². The standard InChI is InChI=1S/C19H31N3O/c1-14(2)22-11-7-9-17(13-22)12-20-19(23)21-16(4)18-10-6-5-8-15(18)3/h5-6,8,10,14,16-17H,7,9,11-13H2,1-4H3,(H2,20,21,23). The predicted molar refractivity (Wildman–Crippen MR) is 95.6 cm³/mol. The van der Waals surface area contributed by atoms with Crippen molar-refractivity contribution in [3.63, 3.8) is 0 Å². The van der Waals surface area contributed by atoms with Crippen LogP contribution in [-0.4, -0.2) is 36.6 Å². The molecule has 1 fully saturated rings. The van der Waals surface area contributed by atoms with Gasteiger partial charge in [0.05, 0.1) is 6.04 Å². The van der Waals surface area contributed by atoms with Crippen LogP contribution in [0.3, 0.4) is 0 Å². The predicted octanol–water partition coefficient (Wildman–Crippen LogP) is 3.48. The Bertz CT molecular complexity index is 515. The highest BCUT2D eigenvalue weighted by Gasteiger charge is 2.22. The van der Waals surface area contributed by atoms with Crippen LogP contribution in [0, 0.1) is 12.8 Å². The van der Waals surface area contributed by atoms with Crippen molar-refractivity contribution in [2.24, 2.45) is 5.92 Å². The van der Waals surface area contributed by atoms with Crippen molar-refractivity contribution in [3.8, 4) is 0 Å². The van der Waals surface area contributed by atoms with Gasteiger partial charge in [0, 0.05) is 19.1 Å². The van der Waals surface area contributed by atoms with Gasteiger partial charge in [0.2, 0.25) is 0 Å². The summed E-state index contributed by atoms with van der Waals surface area (Å²) in [6, 6.07) is 8.73. The fourth-order valence-corrected chi connectivity index (χ4v) is 3.37. The van der Waals surface area contributed by atoms with E-state index in [2.05, 4.69) is 48.4 Å². The van der Waals surface area contributed by atoms with Crippen molar-refractivity contribution in [1.82, 2.24) is 15.5 Å². The van der Waals surface area contributed by atoms with Crippen LogP contribution in [0.25, 0.3) is 0 Å². The quantitative estimate of drug-likeness (QED) is 0.873.